The molecular formula is C14H19FN2S. The van der Waals surface area contributed by atoms with Gasteiger partial charge >= 0.3 is 0 Å². The maximum absolute atomic E-state index is 13.1. The molecule has 2 nitrogen and oxygen atoms in total. The van der Waals surface area contributed by atoms with Gasteiger partial charge in [0.1, 0.15) is 5.82 Å². The first-order chi connectivity index (χ1) is 8.70. The van der Waals surface area contributed by atoms with Crippen LogP contribution in [0.3, 0.4) is 0 Å². The summed E-state index contributed by atoms with van der Waals surface area (Å²) in [6, 6.07) is 6.95. The third-order valence-corrected chi connectivity index (χ3v) is 3.77. The third kappa shape index (κ3) is 3.19. The summed E-state index contributed by atoms with van der Waals surface area (Å²) in [5.41, 5.74) is 0.723. The van der Waals surface area contributed by atoms with Gasteiger partial charge in [0.2, 0.25) is 0 Å². The number of hydrogen-bond donors (Lipinski definition) is 1. The van der Waals surface area contributed by atoms with Gasteiger partial charge in [-0.3, -0.25) is 0 Å². The number of anilines is 1. The number of nitrogens with one attached hydrogen (secondary N) is 1. The Bertz CT molecular complexity index is 422. The van der Waals surface area contributed by atoms with Crippen molar-refractivity contribution in [2.75, 3.05) is 11.9 Å². The summed E-state index contributed by atoms with van der Waals surface area (Å²) in [5, 5.41) is 3.85. The molecule has 1 unspecified atom stereocenters. The van der Waals surface area contributed by atoms with Crippen LogP contribution in [0, 0.1) is 5.82 Å². The van der Waals surface area contributed by atoms with Crippen molar-refractivity contribution in [3.8, 4) is 0 Å². The predicted octanol–water partition coefficient (Wildman–Crippen LogP) is 3.79. The quantitative estimate of drug-likeness (QED) is 0.820. The number of thiocarbonyl (C=S) groups is 1. The smallest absolute Gasteiger partial charge is 0.173 e. The zero-order valence-corrected chi connectivity index (χ0v) is 11.5. The van der Waals surface area contributed by atoms with Crippen LogP contribution in [0.4, 0.5) is 10.1 Å². The molecule has 1 aromatic carbocycles. The lowest BCUT2D eigenvalue weighted by molar-refractivity contribution is 0.239. The van der Waals surface area contributed by atoms with E-state index < -0.39 is 0 Å². The van der Waals surface area contributed by atoms with E-state index in [1.165, 1.54) is 31.4 Å². The van der Waals surface area contributed by atoms with Gasteiger partial charge in [0.15, 0.2) is 5.11 Å². The van der Waals surface area contributed by atoms with Gasteiger partial charge in [-0.2, -0.15) is 0 Å². The molecule has 0 spiro atoms. The second kappa shape index (κ2) is 6.14. The van der Waals surface area contributed by atoms with Gasteiger partial charge in [0, 0.05) is 18.3 Å². The Hall–Kier alpha value is -1.16. The van der Waals surface area contributed by atoms with Crippen molar-refractivity contribution in [1.29, 1.82) is 0 Å². The monoisotopic (exact) mass is 266 g/mol. The standard InChI is InChI=1S/C14H19FN2S/c1-2-13-8-3-4-9-17(13)14(18)16-12-7-5-6-11(15)10-12/h5-7,10,13H,2-4,8-9H2,1H3,(H,16,18). The van der Waals surface area contributed by atoms with E-state index in [0.717, 1.165) is 18.7 Å². The minimum atomic E-state index is -0.242. The van der Waals surface area contributed by atoms with E-state index in [4.69, 9.17) is 12.2 Å². The Labute approximate surface area is 113 Å². The minimum Gasteiger partial charge on any atom is -0.346 e. The molecule has 1 fully saturated rings. The van der Waals surface area contributed by atoms with Gasteiger partial charge < -0.3 is 10.2 Å². The van der Waals surface area contributed by atoms with Crippen LogP contribution in [0.1, 0.15) is 32.6 Å². The fourth-order valence-electron chi connectivity index (χ4n) is 2.45. The Kier molecular flexibility index (Phi) is 4.53. The Morgan fingerprint density at radius 2 is 2.33 bits per heavy atom. The van der Waals surface area contributed by atoms with Crippen molar-refractivity contribution in [2.45, 2.75) is 38.6 Å². The van der Waals surface area contributed by atoms with Crippen LogP contribution in [0.5, 0.6) is 0 Å². The van der Waals surface area contributed by atoms with Gasteiger partial charge in [-0.25, -0.2) is 4.39 Å². The minimum absolute atomic E-state index is 0.242. The molecule has 0 aliphatic carbocycles. The summed E-state index contributed by atoms with van der Waals surface area (Å²) in [5.74, 6) is -0.242. The van der Waals surface area contributed by atoms with Gasteiger partial charge in [-0.05, 0) is 56.1 Å². The average Bonchev–Trinajstić information content (AvgIpc) is 2.38. The van der Waals surface area contributed by atoms with Crippen LogP contribution in [-0.2, 0) is 0 Å². The molecule has 1 N–H and O–H groups in total. The lowest BCUT2D eigenvalue weighted by Crippen LogP contribution is -2.45. The molecule has 0 bridgehead atoms. The zero-order chi connectivity index (χ0) is 13.0. The maximum Gasteiger partial charge on any atom is 0.173 e. The summed E-state index contributed by atoms with van der Waals surface area (Å²) >= 11 is 5.43. The fraction of sp³-hybridized carbons (Fsp3) is 0.500. The molecule has 0 aromatic heterocycles. The molecule has 0 radical (unpaired) electrons. The molecular weight excluding hydrogens is 247 g/mol. The van der Waals surface area contributed by atoms with Crippen molar-refractivity contribution < 1.29 is 4.39 Å². The molecule has 1 heterocycles. The highest BCUT2D eigenvalue weighted by Gasteiger charge is 2.22. The summed E-state index contributed by atoms with van der Waals surface area (Å²) in [6.45, 7) is 3.19. The first kappa shape index (κ1) is 13.3. The van der Waals surface area contributed by atoms with Gasteiger partial charge in [0.05, 0.1) is 0 Å². The molecule has 4 heteroatoms. The molecule has 98 valence electrons. The van der Waals surface area contributed by atoms with Crippen molar-refractivity contribution in [3.05, 3.63) is 30.1 Å². The highest BCUT2D eigenvalue weighted by molar-refractivity contribution is 7.80. The molecule has 0 saturated carbocycles. The second-order valence-corrected chi connectivity index (χ2v) is 5.08. The van der Waals surface area contributed by atoms with Gasteiger partial charge in [-0.1, -0.05) is 13.0 Å². The van der Waals surface area contributed by atoms with Crippen LogP contribution < -0.4 is 5.32 Å². The predicted molar refractivity (Wildman–Crippen MR) is 77.3 cm³/mol. The average molecular weight is 266 g/mol. The molecule has 1 saturated heterocycles. The second-order valence-electron chi connectivity index (χ2n) is 4.69. The Morgan fingerprint density at radius 1 is 1.50 bits per heavy atom. The van der Waals surface area contributed by atoms with Crippen LogP contribution in [0.2, 0.25) is 0 Å². The van der Waals surface area contributed by atoms with Crippen LogP contribution in [0.15, 0.2) is 24.3 Å². The van der Waals surface area contributed by atoms with Crippen molar-refractivity contribution >= 4 is 23.0 Å². The van der Waals surface area contributed by atoms with Gasteiger partial charge in [-0.15, -0.1) is 0 Å². The number of nitrogens with zero attached hydrogens (tertiary/aromatic N) is 1. The van der Waals surface area contributed by atoms with E-state index in [9.17, 15) is 4.39 Å². The lowest BCUT2D eigenvalue weighted by Gasteiger charge is -2.37. The zero-order valence-electron chi connectivity index (χ0n) is 10.7. The van der Waals surface area contributed by atoms with Crippen molar-refractivity contribution in [1.82, 2.24) is 4.90 Å². The van der Waals surface area contributed by atoms with Crippen molar-refractivity contribution in [2.24, 2.45) is 0 Å². The number of hydrogen-bond acceptors (Lipinski definition) is 1. The molecule has 1 aliphatic rings. The first-order valence-corrected chi connectivity index (χ1v) is 6.94. The number of benzene rings is 1. The number of halogens is 1. The summed E-state index contributed by atoms with van der Waals surface area (Å²) < 4.78 is 13.1. The van der Waals surface area contributed by atoms with Crippen molar-refractivity contribution in [3.63, 3.8) is 0 Å². The number of likely N-dealkylation sites (tertiary alicyclic amines) is 1. The van der Waals surface area contributed by atoms with E-state index in [-0.39, 0.29) is 5.82 Å². The highest BCUT2D eigenvalue weighted by Crippen LogP contribution is 2.21. The molecule has 0 amide bonds. The topological polar surface area (TPSA) is 15.3 Å². The van der Waals surface area contributed by atoms with E-state index in [1.54, 1.807) is 6.07 Å². The van der Waals surface area contributed by atoms with Crippen LogP contribution in [-0.4, -0.2) is 22.6 Å². The maximum atomic E-state index is 13.1. The molecule has 18 heavy (non-hydrogen) atoms. The summed E-state index contributed by atoms with van der Waals surface area (Å²) in [7, 11) is 0. The van der Waals surface area contributed by atoms with Crippen LogP contribution in [0.25, 0.3) is 0 Å². The van der Waals surface area contributed by atoms with E-state index in [0.29, 0.717) is 11.2 Å². The molecule has 2 rings (SSSR count). The Balaban J connectivity index is 2.02. The van der Waals surface area contributed by atoms with Gasteiger partial charge in [0.25, 0.3) is 0 Å². The SMILES string of the molecule is CCC1CCCCN1C(=S)Nc1cccc(F)c1. The number of rotatable bonds is 2. The van der Waals surface area contributed by atoms with E-state index in [1.807, 2.05) is 6.07 Å². The molecule has 1 aromatic rings. The summed E-state index contributed by atoms with van der Waals surface area (Å²) in [6.07, 6.45) is 4.76. The summed E-state index contributed by atoms with van der Waals surface area (Å²) in [4.78, 5) is 2.24. The lowest BCUT2D eigenvalue weighted by atomic mass is 10.0. The largest absolute Gasteiger partial charge is 0.346 e. The van der Waals surface area contributed by atoms with E-state index >= 15 is 0 Å². The van der Waals surface area contributed by atoms with E-state index in [2.05, 4.69) is 17.1 Å². The fourth-order valence-corrected chi connectivity index (χ4v) is 2.81. The normalized spacial score (nSPS) is 19.7. The Morgan fingerprint density at radius 3 is 3.06 bits per heavy atom. The molecule has 1 atom stereocenters. The van der Waals surface area contributed by atoms with Crippen LogP contribution >= 0.6 is 12.2 Å². The molecule has 1 aliphatic heterocycles. The third-order valence-electron chi connectivity index (χ3n) is 3.44. The number of piperidine rings is 1. The first-order valence-electron chi connectivity index (χ1n) is 6.54. The highest BCUT2D eigenvalue weighted by atomic mass is 32.1.